The van der Waals surface area contributed by atoms with E-state index in [1.54, 1.807) is 0 Å². The van der Waals surface area contributed by atoms with Gasteiger partial charge in [0.2, 0.25) is 0 Å². The van der Waals surface area contributed by atoms with Gasteiger partial charge in [0.25, 0.3) is 0 Å². The van der Waals surface area contributed by atoms with Crippen molar-refractivity contribution < 1.29 is 22.3 Å². The van der Waals surface area contributed by atoms with Gasteiger partial charge in [0, 0.05) is 35.9 Å². The van der Waals surface area contributed by atoms with Gasteiger partial charge in [-0.1, -0.05) is 6.07 Å². The van der Waals surface area contributed by atoms with Crippen LogP contribution in [0.4, 0.5) is 28.4 Å². The minimum Gasteiger partial charge on any atom is -0.467 e. The molecular formula is C25H20F4N6OS. The number of nitrogen functional groups attached to an aromatic ring is 1. The molecule has 0 amide bonds. The maximum Gasteiger partial charge on any atom is 0.417 e. The number of aromatic nitrogens is 2. The number of alkyl halides is 3. The number of methoxy groups -OCH3 is 1. The van der Waals surface area contributed by atoms with E-state index in [9.17, 15) is 22.8 Å². The molecule has 2 aromatic carbocycles. The van der Waals surface area contributed by atoms with Crippen LogP contribution in [0.3, 0.4) is 0 Å². The number of nitrogens with two attached hydrogens (primary N) is 1. The van der Waals surface area contributed by atoms with Crippen LogP contribution >= 0.6 is 11.3 Å². The number of fused-ring (bicyclic) bond motifs is 4. The highest BCUT2D eigenvalue weighted by atomic mass is 32.1. The van der Waals surface area contributed by atoms with E-state index >= 15 is 0 Å². The number of ether oxygens (including phenoxy) is 1. The van der Waals surface area contributed by atoms with Gasteiger partial charge in [-0.15, -0.1) is 11.3 Å². The Balaban J connectivity index is 1.65. The van der Waals surface area contributed by atoms with Gasteiger partial charge in [-0.25, -0.2) is 4.39 Å². The molecule has 2 aromatic heterocycles. The van der Waals surface area contributed by atoms with Crippen molar-refractivity contribution in [1.82, 2.24) is 15.3 Å². The van der Waals surface area contributed by atoms with Crippen LogP contribution in [0.25, 0.3) is 32.1 Å². The van der Waals surface area contributed by atoms with Crippen LogP contribution in [-0.2, 0) is 6.18 Å². The Morgan fingerprint density at radius 1 is 1.16 bits per heavy atom. The van der Waals surface area contributed by atoms with E-state index < -0.39 is 17.6 Å². The highest BCUT2D eigenvalue weighted by molar-refractivity contribution is 7.23. The third-order valence-corrected chi connectivity index (χ3v) is 8.05. The fourth-order valence-corrected chi connectivity index (χ4v) is 6.37. The lowest BCUT2D eigenvalue weighted by atomic mass is 9.93. The molecule has 3 N–H and O–H groups in total. The van der Waals surface area contributed by atoms with Gasteiger partial charge in [-0.3, -0.25) is 0 Å². The van der Waals surface area contributed by atoms with Crippen molar-refractivity contribution in [1.29, 1.82) is 5.26 Å². The molecule has 7 nitrogen and oxygen atoms in total. The summed E-state index contributed by atoms with van der Waals surface area (Å²) in [5.74, 6) is -0.287. The average molecular weight is 529 g/mol. The second kappa shape index (κ2) is 8.43. The van der Waals surface area contributed by atoms with Gasteiger partial charge in [0.15, 0.2) is 0 Å². The molecule has 2 unspecified atom stereocenters. The van der Waals surface area contributed by atoms with E-state index in [0.717, 1.165) is 36.3 Å². The molecule has 2 atom stereocenters. The lowest BCUT2D eigenvalue weighted by Gasteiger charge is -2.34. The molecule has 0 saturated carbocycles. The SMILES string of the molecule is COc1nc(N2CC3CCC(C2)N3)c2cc(C(F)(F)F)c(-c3ccc(F)c4sc(N)c(C#N)c34)cc2n1. The van der Waals surface area contributed by atoms with Gasteiger partial charge in [-0.2, -0.15) is 28.4 Å². The van der Waals surface area contributed by atoms with E-state index in [-0.39, 0.29) is 60.8 Å². The van der Waals surface area contributed by atoms with Gasteiger partial charge in [0.05, 0.1) is 28.5 Å². The van der Waals surface area contributed by atoms with Crippen LogP contribution in [0.15, 0.2) is 24.3 Å². The molecule has 0 aliphatic carbocycles. The molecule has 37 heavy (non-hydrogen) atoms. The molecule has 12 heteroatoms. The normalized spacial score (nSPS) is 19.5. The zero-order chi connectivity index (χ0) is 26.1. The fraction of sp³-hybridized carbons (Fsp3) is 0.320. The highest BCUT2D eigenvalue weighted by Crippen LogP contribution is 2.46. The van der Waals surface area contributed by atoms with Crippen molar-refractivity contribution >= 4 is 43.1 Å². The molecule has 2 saturated heterocycles. The van der Waals surface area contributed by atoms with Crippen molar-refractivity contribution in [3.63, 3.8) is 0 Å². The number of nitrogens with zero attached hydrogens (tertiary/aromatic N) is 4. The first-order chi connectivity index (χ1) is 17.7. The molecular weight excluding hydrogens is 508 g/mol. The summed E-state index contributed by atoms with van der Waals surface area (Å²) >= 11 is 0.830. The largest absolute Gasteiger partial charge is 0.467 e. The van der Waals surface area contributed by atoms with E-state index in [0.29, 0.717) is 18.9 Å². The maximum atomic E-state index is 14.6. The molecule has 4 heterocycles. The first kappa shape index (κ1) is 23.7. The number of nitriles is 1. The maximum absolute atomic E-state index is 14.6. The Morgan fingerprint density at radius 3 is 2.54 bits per heavy atom. The zero-order valence-corrected chi connectivity index (χ0v) is 20.3. The summed E-state index contributed by atoms with van der Waals surface area (Å²) in [5, 5.41) is 13.5. The van der Waals surface area contributed by atoms with E-state index in [2.05, 4.69) is 15.3 Å². The molecule has 6 rings (SSSR count). The molecule has 4 aromatic rings. The fourth-order valence-electron chi connectivity index (χ4n) is 5.42. The number of hydrogen-bond acceptors (Lipinski definition) is 8. The van der Waals surface area contributed by atoms with Crippen LogP contribution in [0.5, 0.6) is 6.01 Å². The minimum absolute atomic E-state index is 0.0250. The monoisotopic (exact) mass is 528 g/mol. The smallest absolute Gasteiger partial charge is 0.417 e. The number of rotatable bonds is 3. The highest BCUT2D eigenvalue weighted by Gasteiger charge is 2.37. The number of anilines is 2. The van der Waals surface area contributed by atoms with Gasteiger partial charge in [0.1, 0.15) is 22.7 Å². The summed E-state index contributed by atoms with van der Waals surface area (Å²) in [7, 11) is 1.40. The summed E-state index contributed by atoms with van der Waals surface area (Å²) in [4.78, 5) is 10.8. The third-order valence-electron chi connectivity index (χ3n) is 7.02. The molecule has 0 spiro atoms. The van der Waals surface area contributed by atoms with Crippen molar-refractivity contribution in [3.05, 3.63) is 41.2 Å². The summed E-state index contributed by atoms with van der Waals surface area (Å²) in [6.07, 6.45) is -2.77. The summed E-state index contributed by atoms with van der Waals surface area (Å²) < 4.78 is 63.5. The quantitative estimate of drug-likeness (QED) is 0.358. The first-order valence-corrected chi connectivity index (χ1v) is 12.4. The predicted octanol–water partition coefficient (Wildman–Crippen LogP) is 5.07. The lowest BCUT2D eigenvalue weighted by molar-refractivity contribution is -0.137. The number of thiophene rings is 1. The Bertz CT molecular complexity index is 1600. The Hall–Kier alpha value is -3.69. The van der Waals surface area contributed by atoms with Crippen molar-refractivity contribution in [2.75, 3.05) is 30.8 Å². The minimum atomic E-state index is -4.75. The van der Waals surface area contributed by atoms with Crippen LogP contribution in [-0.4, -0.2) is 42.3 Å². The Labute approximate surface area is 212 Å². The topological polar surface area (TPSA) is 100 Å². The van der Waals surface area contributed by atoms with E-state index in [1.165, 1.54) is 19.2 Å². The van der Waals surface area contributed by atoms with Crippen molar-refractivity contribution in [2.45, 2.75) is 31.1 Å². The molecule has 2 bridgehead atoms. The first-order valence-electron chi connectivity index (χ1n) is 11.6. The summed E-state index contributed by atoms with van der Waals surface area (Å²) in [5.41, 5.74) is 5.00. The predicted molar refractivity (Wildman–Crippen MR) is 133 cm³/mol. The number of halogens is 4. The lowest BCUT2D eigenvalue weighted by Crippen LogP contribution is -2.51. The van der Waals surface area contributed by atoms with E-state index in [1.807, 2.05) is 11.0 Å². The van der Waals surface area contributed by atoms with Crippen molar-refractivity contribution in [2.24, 2.45) is 0 Å². The molecule has 2 aliphatic rings. The molecule has 2 fully saturated rings. The summed E-state index contributed by atoms with van der Waals surface area (Å²) in [6.45, 7) is 1.21. The van der Waals surface area contributed by atoms with Gasteiger partial charge < -0.3 is 20.7 Å². The summed E-state index contributed by atoms with van der Waals surface area (Å²) in [6, 6.07) is 7.09. The van der Waals surface area contributed by atoms with Crippen LogP contribution in [0, 0.1) is 17.1 Å². The number of benzene rings is 2. The van der Waals surface area contributed by atoms with Crippen LogP contribution in [0.2, 0.25) is 0 Å². The zero-order valence-electron chi connectivity index (χ0n) is 19.5. The van der Waals surface area contributed by atoms with Crippen molar-refractivity contribution in [3.8, 4) is 23.2 Å². The van der Waals surface area contributed by atoms with Crippen LogP contribution < -0.4 is 20.7 Å². The number of nitrogens with one attached hydrogen (secondary N) is 1. The second-order valence-corrected chi connectivity index (χ2v) is 10.3. The third kappa shape index (κ3) is 3.81. The van der Waals surface area contributed by atoms with Crippen LogP contribution in [0.1, 0.15) is 24.0 Å². The van der Waals surface area contributed by atoms with Gasteiger partial charge >= 0.3 is 12.2 Å². The van der Waals surface area contributed by atoms with Gasteiger partial charge in [-0.05, 0) is 42.2 Å². The molecule has 0 radical (unpaired) electrons. The number of hydrogen-bond donors (Lipinski definition) is 2. The standard InChI is InChI=1S/C25H20F4N6OS/c1-36-24-33-19-7-14(13-4-5-18(26)21-20(13)16(8-30)22(31)37-21)17(25(27,28)29)6-15(19)23(34-24)35-9-11-2-3-12(10-35)32-11/h4-7,11-12,32H,2-3,9-10,31H2,1H3. The number of piperazine rings is 1. The Morgan fingerprint density at radius 2 is 1.89 bits per heavy atom. The average Bonchev–Trinajstić information content (AvgIpc) is 3.39. The molecule has 2 aliphatic heterocycles. The second-order valence-electron chi connectivity index (χ2n) is 9.24. The Kier molecular flexibility index (Phi) is 5.40. The van der Waals surface area contributed by atoms with E-state index in [4.69, 9.17) is 10.5 Å². The molecule has 190 valence electrons.